The Morgan fingerprint density at radius 2 is 2.28 bits per heavy atom. The number of hydrogen-bond acceptors (Lipinski definition) is 4. The Bertz CT molecular complexity index is 449. The summed E-state index contributed by atoms with van der Waals surface area (Å²) in [5, 5.41) is 4.07. The van der Waals surface area contributed by atoms with Gasteiger partial charge in [-0.05, 0) is 40.8 Å². The van der Waals surface area contributed by atoms with Crippen LogP contribution in [0.4, 0.5) is 5.69 Å². The van der Waals surface area contributed by atoms with E-state index in [2.05, 4.69) is 39.8 Å². The van der Waals surface area contributed by atoms with Gasteiger partial charge in [-0.2, -0.15) is 16.9 Å². The van der Waals surface area contributed by atoms with Crippen molar-refractivity contribution >= 4 is 33.4 Å². The second-order valence-corrected chi connectivity index (χ2v) is 6.40. The highest BCUT2D eigenvalue weighted by Crippen LogP contribution is 2.23. The number of hydrogen-bond donors (Lipinski definition) is 0. The molecular weight excluding hydrogens is 314 g/mol. The monoisotopic (exact) mass is 333 g/mol. The Kier molecular flexibility index (Phi) is 6.21. The minimum absolute atomic E-state index is 0.102. The zero-order chi connectivity index (χ0) is 13.7. The first-order valence-electron chi connectivity index (χ1n) is 6.01. The molecular formula is C12H20BrN3OS. The fraction of sp³-hybridized carbons (Fsp3) is 0.667. The molecule has 1 unspecified atom stereocenters. The number of thioether (sulfide) groups is 1. The first kappa shape index (κ1) is 15.6. The molecule has 1 aromatic rings. The molecule has 0 aliphatic heterocycles. The maximum atomic E-state index is 11.8. The van der Waals surface area contributed by atoms with E-state index < -0.39 is 0 Å². The number of anilines is 1. The summed E-state index contributed by atoms with van der Waals surface area (Å²) in [6, 6.07) is 0.384. The Labute approximate surface area is 121 Å². The van der Waals surface area contributed by atoms with E-state index in [-0.39, 0.29) is 5.56 Å². The number of rotatable bonds is 6. The van der Waals surface area contributed by atoms with Gasteiger partial charge in [0.25, 0.3) is 5.56 Å². The Balaban J connectivity index is 2.80. The molecule has 1 heterocycles. The van der Waals surface area contributed by atoms with Crippen molar-refractivity contribution in [1.29, 1.82) is 0 Å². The average Bonchev–Trinajstić information content (AvgIpc) is 2.35. The van der Waals surface area contributed by atoms with Gasteiger partial charge in [0, 0.05) is 20.1 Å². The zero-order valence-electron chi connectivity index (χ0n) is 11.3. The van der Waals surface area contributed by atoms with Crippen LogP contribution in [0.25, 0.3) is 0 Å². The van der Waals surface area contributed by atoms with Crippen LogP contribution in [0.2, 0.25) is 0 Å². The first-order valence-corrected chi connectivity index (χ1v) is 7.96. The summed E-state index contributed by atoms with van der Waals surface area (Å²) >= 11 is 5.30. The molecule has 0 aliphatic carbocycles. The SMILES string of the molecule is CCSCCC(C)N(C)c1cnn(C)c(=O)c1Br. The second-order valence-electron chi connectivity index (χ2n) is 4.22. The molecule has 1 atom stereocenters. The lowest BCUT2D eigenvalue weighted by atomic mass is 10.2. The average molecular weight is 334 g/mol. The lowest BCUT2D eigenvalue weighted by Crippen LogP contribution is -2.32. The molecule has 0 saturated heterocycles. The standard InChI is InChI=1S/C12H20BrN3OS/c1-5-18-7-6-9(2)15(3)10-8-14-16(4)12(17)11(10)13/h8-9H,5-7H2,1-4H3. The van der Waals surface area contributed by atoms with E-state index >= 15 is 0 Å². The van der Waals surface area contributed by atoms with E-state index in [1.165, 1.54) is 4.68 Å². The van der Waals surface area contributed by atoms with Crippen molar-refractivity contribution in [3.05, 3.63) is 21.0 Å². The van der Waals surface area contributed by atoms with Gasteiger partial charge in [-0.1, -0.05) is 6.92 Å². The largest absolute Gasteiger partial charge is 0.369 e. The van der Waals surface area contributed by atoms with Crippen LogP contribution in [0, 0.1) is 0 Å². The van der Waals surface area contributed by atoms with Crippen LogP contribution in [0.5, 0.6) is 0 Å². The van der Waals surface area contributed by atoms with Gasteiger partial charge in [-0.3, -0.25) is 4.79 Å². The summed E-state index contributed by atoms with van der Waals surface area (Å²) in [4.78, 5) is 13.9. The Morgan fingerprint density at radius 1 is 1.61 bits per heavy atom. The quantitative estimate of drug-likeness (QED) is 0.750. The fourth-order valence-electron chi connectivity index (χ4n) is 1.58. The minimum atomic E-state index is -0.102. The molecule has 1 rings (SSSR count). The van der Waals surface area contributed by atoms with E-state index in [1.807, 2.05) is 18.8 Å². The van der Waals surface area contributed by atoms with Crippen LogP contribution in [0.1, 0.15) is 20.3 Å². The van der Waals surface area contributed by atoms with Crippen molar-refractivity contribution in [3.8, 4) is 0 Å². The maximum absolute atomic E-state index is 11.8. The zero-order valence-corrected chi connectivity index (χ0v) is 13.7. The van der Waals surface area contributed by atoms with Crippen molar-refractivity contribution in [3.63, 3.8) is 0 Å². The molecule has 1 aromatic heterocycles. The van der Waals surface area contributed by atoms with Crippen LogP contribution in [0.15, 0.2) is 15.5 Å². The van der Waals surface area contributed by atoms with Gasteiger partial charge in [0.15, 0.2) is 0 Å². The van der Waals surface area contributed by atoms with Gasteiger partial charge in [0.05, 0.1) is 11.9 Å². The van der Waals surface area contributed by atoms with E-state index in [1.54, 1.807) is 13.2 Å². The fourth-order valence-corrected chi connectivity index (χ4v) is 3.01. The van der Waals surface area contributed by atoms with Crippen LogP contribution in [-0.2, 0) is 7.05 Å². The first-order chi connectivity index (χ1) is 8.49. The molecule has 102 valence electrons. The molecule has 0 aromatic carbocycles. The minimum Gasteiger partial charge on any atom is -0.369 e. The highest BCUT2D eigenvalue weighted by atomic mass is 79.9. The van der Waals surface area contributed by atoms with Crippen LogP contribution in [0.3, 0.4) is 0 Å². The predicted octanol–water partition coefficient (Wildman–Crippen LogP) is 2.51. The molecule has 0 radical (unpaired) electrons. The highest BCUT2D eigenvalue weighted by Gasteiger charge is 2.15. The van der Waals surface area contributed by atoms with Crippen molar-refractivity contribution < 1.29 is 0 Å². The van der Waals surface area contributed by atoms with Crippen LogP contribution in [-0.4, -0.2) is 34.4 Å². The summed E-state index contributed by atoms with van der Waals surface area (Å²) < 4.78 is 1.91. The molecule has 18 heavy (non-hydrogen) atoms. The highest BCUT2D eigenvalue weighted by molar-refractivity contribution is 9.10. The van der Waals surface area contributed by atoms with Gasteiger partial charge in [0.2, 0.25) is 0 Å². The van der Waals surface area contributed by atoms with Gasteiger partial charge in [-0.25, -0.2) is 4.68 Å². The van der Waals surface area contributed by atoms with E-state index in [9.17, 15) is 4.79 Å². The molecule has 0 aliphatic rings. The molecule has 0 spiro atoms. The van der Waals surface area contributed by atoms with Gasteiger partial charge in [0.1, 0.15) is 4.47 Å². The molecule has 6 heteroatoms. The number of halogens is 1. The van der Waals surface area contributed by atoms with Crippen LogP contribution >= 0.6 is 27.7 Å². The van der Waals surface area contributed by atoms with Crippen molar-refractivity contribution in [2.24, 2.45) is 7.05 Å². The molecule has 0 saturated carbocycles. The lowest BCUT2D eigenvalue weighted by molar-refractivity contribution is 0.651. The van der Waals surface area contributed by atoms with Gasteiger partial charge in [-0.15, -0.1) is 0 Å². The van der Waals surface area contributed by atoms with Gasteiger partial charge < -0.3 is 4.90 Å². The Morgan fingerprint density at radius 3 is 2.89 bits per heavy atom. The normalized spacial score (nSPS) is 12.5. The number of aryl methyl sites for hydroxylation is 1. The van der Waals surface area contributed by atoms with Crippen molar-refractivity contribution in [2.45, 2.75) is 26.3 Å². The lowest BCUT2D eigenvalue weighted by Gasteiger charge is -2.27. The third-order valence-electron chi connectivity index (χ3n) is 2.99. The van der Waals surface area contributed by atoms with E-state index in [4.69, 9.17) is 0 Å². The summed E-state index contributed by atoms with van der Waals surface area (Å²) in [5.74, 6) is 2.28. The molecule has 0 bridgehead atoms. The Hall–Kier alpha value is -0.490. The summed E-state index contributed by atoms with van der Waals surface area (Å²) in [6.07, 6.45) is 2.83. The summed E-state index contributed by atoms with van der Waals surface area (Å²) in [5.41, 5.74) is 0.751. The topological polar surface area (TPSA) is 38.1 Å². The van der Waals surface area contributed by atoms with Crippen LogP contribution < -0.4 is 10.5 Å². The molecule has 0 N–H and O–H groups in total. The predicted molar refractivity (Wildman–Crippen MR) is 82.7 cm³/mol. The maximum Gasteiger partial charge on any atom is 0.282 e. The molecule has 0 fully saturated rings. The summed E-state index contributed by atoms with van der Waals surface area (Å²) in [7, 11) is 3.65. The molecule has 4 nitrogen and oxygen atoms in total. The van der Waals surface area contributed by atoms with Crippen molar-refractivity contribution in [2.75, 3.05) is 23.5 Å². The second kappa shape index (κ2) is 7.19. The smallest absolute Gasteiger partial charge is 0.282 e. The number of aromatic nitrogens is 2. The van der Waals surface area contributed by atoms with E-state index in [0.29, 0.717) is 10.5 Å². The third-order valence-corrected chi connectivity index (χ3v) is 4.66. The van der Waals surface area contributed by atoms with Gasteiger partial charge >= 0.3 is 0 Å². The third kappa shape index (κ3) is 3.75. The number of nitrogens with zero attached hydrogens (tertiary/aromatic N) is 3. The molecule has 0 amide bonds. The van der Waals surface area contributed by atoms with Crippen molar-refractivity contribution in [1.82, 2.24) is 9.78 Å². The van der Waals surface area contributed by atoms with E-state index in [0.717, 1.165) is 23.6 Å². The summed E-state index contributed by atoms with van der Waals surface area (Å²) in [6.45, 7) is 4.33.